The Morgan fingerprint density at radius 3 is 1.12 bits per heavy atom. The second-order valence-corrected chi connectivity index (χ2v) is 21.4. The van der Waals surface area contributed by atoms with Crippen LogP contribution in [0.15, 0.2) is 0 Å². The van der Waals surface area contributed by atoms with Crippen molar-refractivity contribution in [2.24, 2.45) is 47.3 Å². The van der Waals surface area contributed by atoms with Gasteiger partial charge >= 0.3 is 29.8 Å². The van der Waals surface area contributed by atoms with Gasteiger partial charge in [-0.3, -0.25) is 24.0 Å². The van der Waals surface area contributed by atoms with Crippen molar-refractivity contribution in [3.05, 3.63) is 0 Å². The standard InChI is InChI=1S/C54H93NO12/c1-39(31-43-19-9-5-10-20-43)51(58)62-35-47(36-63-52(59)40(2)32-44-21-11-6-12-22-44)66-49(56)27-17-29-55-30-18-28-50(57)67-48(37-64-53(60)41(3)33-45-23-13-7-14-24-45)38-65-54(61)42(4)34-46-25-15-8-16-26-46/h39-49,55-56H,5-38H2,1-4H3. The number of aliphatic hydroxyl groups excluding tert-OH is 1. The molecule has 0 heterocycles. The predicted octanol–water partition coefficient (Wildman–Crippen LogP) is 10.4. The molecule has 13 nitrogen and oxygen atoms in total. The number of hydrogen-bond donors (Lipinski definition) is 2. The van der Waals surface area contributed by atoms with E-state index in [0.29, 0.717) is 56.0 Å². The Hall–Kier alpha value is -2.77. The fourth-order valence-electron chi connectivity index (χ4n) is 11.0. The molecule has 4 aliphatic carbocycles. The monoisotopic (exact) mass is 948 g/mol. The minimum atomic E-state index is -1.16. The van der Waals surface area contributed by atoms with Crippen LogP contribution in [0.25, 0.3) is 0 Å². The lowest BCUT2D eigenvalue weighted by atomic mass is 9.83. The van der Waals surface area contributed by atoms with E-state index in [1.54, 1.807) is 0 Å². The first kappa shape index (κ1) is 56.8. The van der Waals surface area contributed by atoms with Crippen LogP contribution in [0.1, 0.15) is 207 Å². The highest BCUT2D eigenvalue weighted by Gasteiger charge is 2.29. The van der Waals surface area contributed by atoms with Gasteiger partial charge < -0.3 is 38.8 Å². The Morgan fingerprint density at radius 2 is 0.776 bits per heavy atom. The number of esters is 5. The molecule has 0 aromatic carbocycles. The van der Waals surface area contributed by atoms with Crippen LogP contribution in [0.5, 0.6) is 0 Å². The third-order valence-electron chi connectivity index (χ3n) is 15.1. The molecular formula is C54H93NO12. The summed E-state index contributed by atoms with van der Waals surface area (Å²) in [5, 5.41) is 14.2. The van der Waals surface area contributed by atoms with Gasteiger partial charge in [-0.1, -0.05) is 156 Å². The zero-order valence-corrected chi connectivity index (χ0v) is 42.3. The fourth-order valence-corrected chi connectivity index (χ4v) is 11.0. The number of rotatable bonds is 31. The smallest absolute Gasteiger partial charge is 0.308 e. The van der Waals surface area contributed by atoms with Crippen LogP contribution in [0.2, 0.25) is 0 Å². The molecule has 0 spiro atoms. The van der Waals surface area contributed by atoms with Gasteiger partial charge in [0.1, 0.15) is 32.5 Å². The average molecular weight is 948 g/mol. The molecule has 4 aliphatic rings. The summed E-state index contributed by atoms with van der Waals surface area (Å²) >= 11 is 0. The largest absolute Gasteiger partial charge is 0.463 e. The molecule has 5 unspecified atom stereocenters. The van der Waals surface area contributed by atoms with E-state index in [0.717, 1.165) is 77.0 Å². The van der Waals surface area contributed by atoms with Crippen molar-refractivity contribution in [3.8, 4) is 0 Å². The molecule has 4 rings (SSSR count). The molecular weight excluding hydrogens is 855 g/mol. The van der Waals surface area contributed by atoms with Gasteiger partial charge in [-0.25, -0.2) is 0 Å². The van der Waals surface area contributed by atoms with E-state index in [1.807, 2.05) is 27.7 Å². The van der Waals surface area contributed by atoms with Crippen LogP contribution in [-0.4, -0.2) is 93.0 Å². The first-order valence-electron chi connectivity index (χ1n) is 27.3. The van der Waals surface area contributed by atoms with Crippen LogP contribution in [-0.2, 0) is 52.4 Å². The van der Waals surface area contributed by atoms with Crippen molar-refractivity contribution in [2.75, 3.05) is 39.5 Å². The molecule has 4 saturated carbocycles. The van der Waals surface area contributed by atoms with Gasteiger partial charge in [0.15, 0.2) is 12.4 Å². The van der Waals surface area contributed by atoms with Crippen molar-refractivity contribution < 1.29 is 57.5 Å². The van der Waals surface area contributed by atoms with E-state index in [-0.39, 0.29) is 80.4 Å². The van der Waals surface area contributed by atoms with Gasteiger partial charge in [-0.05, 0) is 81.7 Å². The number of aliphatic hydroxyl groups is 1. The topological polar surface area (TPSA) is 173 Å². The first-order valence-corrected chi connectivity index (χ1v) is 27.3. The van der Waals surface area contributed by atoms with Crippen molar-refractivity contribution in [3.63, 3.8) is 0 Å². The predicted molar refractivity (Wildman–Crippen MR) is 257 cm³/mol. The van der Waals surface area contributed by atoms with E-state index in [9.17, 15) is 29.1 Å². The maximum absolute atomic E-state index is 13.0. The highest BCUT2D eigenvalue weighted by atomic mass is 16.6. The lowest BCUT2D eigenvalue weighted by Crippen LogP contribution is -2.34. The number of nitrogens with one attached hydrogen (secondary N) is 1. The lowest BCUT2D eigenvalue weighted by Gasteiger charge is -2.26. The van der Waals surface area contributed by atoms with Gasteiger partial charge in [0, 0.05) is 6.42 Å². The van der Waals surface area contributed by atoms with Crippen molar-refractivity contribution >= 4 is 29.8 Å². The second kappa shape index (κ2) is 32.9. The van der Waals surface area contributed by atoms with E-state index < -0.39 is 24.5 Å². The Bertz CT molecular complexity index is 1320. The Labute approximate surface area is 404 Å². The molecule has 0 aromatic heterocycles. The Balaban J connectivity index is 1.17. The summed E-state index contributed by atoms with van der Waals surface area (Å²) < 4.78 is 34.4. The second-order valence-electron chi connectivity index (χ2n) is 21.4. The van der Waals surface area contributed by atoms with Gasteiger partial charge in [-0.15, -0.1) is 0 Å². The number of ether oxygens (including phenoxy) is 6. The molecule has 0 saturated heterocycles. The summed E-state index contributed by atoms with van der Waals surface area (Å²) in [6.45, 7) is 8.08. The summed E-state index contributed by atoms with van der Waals surface area (Å²) in [4.78, 5) is 65.0. The molecule has 0 aromatic rings. The molecule has 386 valence electrons. The quantitative estimate of drug-likeness (QED) is 0.0291. The van der Waals surface area contributed by atoms with Crippen molar-refractivity contribution in [1.82, 2.24) is 5.32 Å². The van der Waals surface area contributed by atoms with Gasteiger partial charge in [-0.2, -0.15) is 0 Å². The Morgan fingerprint density at radius 1 is 0.463 bits per heavy atom. The minimum Gasteiger partial charge on any atom is -0.463 e. The normalized spacial score (nSPS) is 21.2. The number of carbonyl (C=O) groups excluding carboxylic acids is 5. The van der Waals surface area contributed by atoms with E-state index >= 15 is 0 Å². The van der Waals surface area contributed by atoms with E-state index in [1.165, 1.54) is 77.0 Å². The molecule has 13 heteroatoms. The van der Waals surface area contributed by atoms with Crippen LogP contribution < -0.4 is 5.32 Å². The lowest BCUT2D eigenvalue weighted by molar-refractivity contribution is -0.185. The molecule has 0 aliphatic heterocycles. The van der Waals surface area contributed by atoms with Gasteiger partial charge in [0.05, 0.1) is 23.7 Å². The maximum atomic E-state index is 13.0. The molecule has 2 N–H and O–H groups in total. The van der Waals surface area contributed by atoms with Crippen LogP contribution in [0, 0.1) is 47.3 Å². The minimum absolute atomic E-state index is 0.116. The number of hydrogen-bond acceptors (Lipinski definition) is 13. The van der Waals surface area contributed by atoms with E-state index in [4.69, 9.17) is 28.4 Å². The van der Waals surface area contributed by atoms with Crippen molar-refractivity contribution in [2.45, 2.75) is 226 Å². The highest BCUT2D eigenvalue weighted by Crippen LogP contribution is 2.32. The van der Waals surface area contributed by atoms with Crippen LogP contribution >= 0.6 is 0 Å². The zero-order valence-electron chi connectivity index (χ0n) is 42.3. The summed E-state index contributed by atoms with van der Waals surface area (Å²) in [7, 11) is 0. The Kier molecular flexibility index (Phi) is 27.9. The highest BCUT2D eigenvalue weighted by molar-refractivity contribution is 5.73. The third kappa shape index (κ3) is 24.1. The molecule has 4 fully saturated rings. The van der Waals surface area contributed by atoms with Crippen LogP contribution in [0.4, 0.5) is 0 Å². The van der Waals surface area contributed by atoms with Gasteiger partial charge in [0.2, 0.25) is 0 Å². The summed E-state index contributed by atoms with van der Waals surface area (Å²) in [6, 6.07) is 0. The molecule has 0 radical (unpaired) electrons. The fraction of sp³-hybridized carbons (Fsp3) is 0.907. The zero-order chi connectivity index (χ0) is 48.2. The summed E-state index contributed by atoms with van der Waals surface area (Å²) in [5.74, 6) is -0.619. The average Bonchev–Trinajstić information content (AvgIpc) is 3.33. The van der Waals surface area contributed by atoms with Crippen molar-refractivity contribution in [1.29, 1.82) is 0 Å². The molecule has 67 heavy (non-hydrogen) atoms. The maximum Gasteiger partial charge on any atom is 0.308 e. The molecule has 0 bridgehead atoms. The van der Waals surface area contributed by atoms with Crippen LogP contribution in [0.3, 0.4) is 0 Å². The summed E-state index contributed by atoms with van der Waals surface area (Å²) in [5.41, 5.74) is 0. The number of carbonyl (C=O) groups is 5. The summed E-state index contributed by atoms with van der Waals surface area (Å²) in [6.07, 6.45) is 25.5. The van der Waals surface area contributed by atoms with Gasteiger partial charge in [0.25, 0.3) is 0 Å². The molecule has 5 atom stereocenters. The first-order chi connectivity index (χ1) is 32.4. The van der Waals surface area contributed by atoms with E-state index in [2.05, 4.69) is 5.32 Å². The SMILES string of the molecule is CC(CC1CCCCC1)C(=O)OCC(COC(=O)C(C)CC1CCCCC1)OC(=O)CCCNCCCC(O)OC(COC(=O)C(C)CC1CCCCC1)COC(=O)C(C)CC1CCCCC1. The third-order valence-corrected chi connectivity index (χ3v) is 15.1. The molecule has 0 amide bonds.